The molecule has 1 heterocycles. The Balaban J connectivity index is 2.36. The van der Waals surface area contributed by atoms with E-state index in [0.29, 0.717) is 30.5 Å². The van der Waals surface area contributed by atoms with Crippen molar-refractivity contribution in [1.29, 1.82) is 0 Å². The van der Waals surface area contributed by atoms with Gasteiger partial charge in [-0.3, -0.25) is 4.79 Å². The van der Waals surface area contributed by atoms with Crippen LogP contribution in [0.2, 0.25) is 0 Å². The third kappa shape index (κ3) is 4.66. The highest BCUT2D eigenvalue weighted by Gasteiger charge is 2.21. The van der Waals surface area contributed by atoms with Gasteiger partial charge in [0.1, 0.15) is 0 Å². The molecule has 3 heteroatoms. The fourth-order valence-electron chi connectivity index (χ4n) is 2.77. The van der Waals surface area contributed by atoms with Crippen molar-refractivity contribution >= 4 is 5.91 Å². The van der Waals surface area contributed by atoms with Gasteiger partial charge in [-0.15, -0.1) is 0 Å². The third-order valence-electron chi connectivity index (χ3n) is 3.52. The van der Waals surface area contributed by atoms with E-state index < -0.39 is 0 Å². The summed E-state index contributed by atoms with van der Waals surface area (Å²) < 4.78 is 0. The van der Waals surface area contributed by atoms with E-state index in [9.17, 15) is 4.79 Å². The van der Waals surface area contributed by atoms with Gasteiger partial charge in [0, 0.05) is 24.5 Å². The molecule has 100 valence electrons. The van der Waals surface area contributed by atoms with Gasteiger partial charge in [0.15, 0.2) is 0 Å². The largest absolute Gasteiger partial charge is 0.338 e. The van der Waals surface area contributed by atoms with Crippen LogP contribution in [0.3, 0.4) is 0 Å². The molecule has 0 radical (unpaired) electrons. The number of rotatable bonds is 5. The molecule has 1 amide bonds. The van der Waals surface area contributed by atoms with Crippen LogP contribution in [0.25, 0.3) is 0 Å². The highest BCUT2D eigenvalue weighted by Crippen LogP contribution is 2.14. The van der Waals surface area contributed by atoms with E-state index in [1.165, 1.54) is 19.3 Å². The number of nitrogens with one attached hydrogen (secondary N) is 1. The topological polar surface area (TPSA) is 32.3 Å². The average Bonchev–Trinajstić information content (AvgIpc) is 2.27. The molecule has 0 aromatic heterocycles. The number of hydrogen-bond acceptors (Lipinski definition) is 2. The Labute approximate surface area is 106 Å². The lowest BCUT2D eigenvalue weighted by molar-refractivity contribution is -0.135. The Morgan fingerprint density at radius 3 is 2.35 bits per heavy atom. The Hall–Kier alpha value is -0.570. The molecule has 1 aliphatic rings. The van der Waals surface area contributed by atoms with Crippen molar-refractivity contribution in [3.8, 4) is 0 Å². The van der Waals surface area contributed by atoms with Crippen LogP contribution in [-0.4, -0.2) is 35.5 Å². The van der Waals surface area contributed by atoms with Gasteiger partial charge < -0.3 is 10.2 Å². The van der Waals surface area contributed by atoms with Crippen LogP contribution in [0.5, 0.6) is 0 Å². The van der Waals surface area contributed by atoms with E-state index in [2.05, 4.69) is 33.0 Å². The predicted molar refractivity (Wildman–Crippen MR) is 72.0 cm³/mol. The minimum absolute atomic E-state index is 0.307. The minimum Gasteiger partial charge on any atom is -0.338 e. The van der Waals surface area contributed by atoms with E-state index in [4.69, 9.17) is 0 Å². The third-order valence-corrected chi connectivity index (χ3v) is 3.52. The molecule has 1 unspecified atom stereocenters. The lowest BCUT2D eigenvalue weighted by Gasteiger charge is -2.32. The zero-order valence-corrected chi connectivity index (χ0v) is 11.8. The fourth-order valence-corrected chi connectivity index (χ4v) is 2.77. The first-order chi connectivity index (χ1) is 8.02. The van der Waals surface area contributed by atoms with Gasteiger partial charge in [-0.25, -0.2) is 0 Å². The molecule has 1 atom stereocenters. The molecule has 0 aromatic carbocycles. The van der Waals surface area contributed by atoms with Crippen molar-refractivity contribution in [3.05, 3.63) is 0 Å². The van der Waals surface area contributed by atoms with Gasteiger partial charge in [-0.1, -0.05) is 6.42 Å². The second-order valence-corrected chi connectivity index (χ2v) is 5.67. The van der Waals surface area contributed by atoms with Crippen LogP contribution in [0.4, 0.5) is 0 Å². The molecular formula is C14H28N2O. The highest BCUT2D eigenvalue weighted by molar-refractivity contribution is 5.76. The van der Waals surface area contributed by atoms with Crippen LogP contribution in [0.15, 0.2) is 0 Å². The maximum Gasteiger partial charge on any atom is 0.223 e. The van der Waals surface area contributed by atoms with Gasteiger partial charge >= 0.3 is 0 Å². The summed E-state index contributed by atoms with van der Waals surface area (Å²) >= 11 is 0. The quantitative estimate of drug-likeness (QED) is 0.801. The number of piperidine rings is 1. The van der Waals surface area contributed by atoms with Crippen molar-refractivity contribution < 1.29 is 4.79 Å². The molecule has 0 saturated carbocycles. The van der Waals surface area contributed by atoms with Crippen molar-refractivity contribution in [1.82, 2.24) is 10.2 Å². The standard InChI is InChI=1S/C14H28N2O/c1-11(2)16(12(3)4)14(17)9-8-13-7-5-6-10-15-13/h11-13,15H,5-10H2,1-4H3. The van der Waals surface area contributed by atoms with E-state index in [1.807, 2.05) is 4.90 Å². The molecule has 1 rings (SSSR count). The monoisotopic (exact) mass is 240 g/mol. The Bertz CT molecular complexity index is 224. The lowest BCUT2D eigenvalue weighted by Crippen LogP contribution is -2.43. The van der Waals surface area contributed by atoms with Crippen LogP contribution < -0.4 is 5.32 Å². The first-order valence-corrected chi connectivity index (χ1v) is 7.07. The normalized spacial score (nSPS) is 20.9. The SMILES string of the molecule is CC(C)N(C(=O)CCC1CCCCN1)C(C)C. The molecule has 0 spiro atoms. The zero-order valence-electron chi connectivity index (χ0n) is 11.8. The molecule has 1 saturated heterocycles. The molecule has 0 aromatic rings. The summed E-state index contributed by atoms with van der Waals surface area (Å²) in [4.78, 5) is 14.2. The van der Waals surface area contributed by atoms with Crippen LogP contribution in [0, 0.1) is 0 Å². The van der Waals surface area contributed by atoms with Gasteiger partial charge in [-0.05, 0) is 53.5 Å². The highest BCUT2D eigenvalue weighted by atomic mass is 16.2. The summed E-state index contributed by atoms with van der Waals surface area (Å²) in [5.74, 6) is 0.308. The number of carbonyl (C=O) groups excluding carboxylic acids is 1. The molecule has 0 bridgehead atoms. The fraction of sp³-hybridized carbons (Fsp3) is 0.929. The Kier molecular flexibility index (Phi) is 5.96. The van der Waals surface area contributed by atoms with Crippen molar-refractivity contribution in [2.24, 2.45) is 0 Å². The molecular weight excluding hydrogens is 212 g/mol. The lowest BCUT2D eigenvalue weighted by atomic mass is 10.00. The van der Waals surface area contributed by atoms with Gasteiger partial charge in [0.05, 0.1) is 0 Å². The first-order valence-electron chi connectivity index (χ1n) is 7.07. The van der Waals surface area contributed by atoms with Crippen LogP contribution in [-0.2, 0) is 4.79 Å². The first kappa shape index (κ1) is 14.5. The summed E-state index contributed by atoms with van der Waals surface area (Å²) in [5, 5.41) is 3.50. The van der Waals surface area contributed by atoms with Crippen molar-refractivity contribution in [3.63, 3.8) is 0 Å². The minimum atomic E-state index is 0.307. The molecule has 1 N–H and O–H groups in total. The summed E-state index contributed by atoms with van der Waals surface area (Å²) in [6.07, 6.45) is 5.51. The van der Waals surface area contributed by atoms with E-state index in [0.717, 1.165) is 13.0 Å². The molecule has 3 nitrogen and oxygen atoms in total. The van der Waals surface area contributed by atoms with Crippen molar-refractivity contribution in [2.75, 3.05) is 6.54 Å². The average molecular weight is 240 g/mol. The van der Waals surface area contributed by atoms with Crippen LogP contribution in [0.1, 0.15) is 59.8 Å². The smallest absolute Gasteiger partial charge is 0.223 e. The Morgan fingerprint density at radius 2 is 1.88 bits per heavy atom. The summed E-state index contributed by atoms with van der Waals surface area (Å²) in [6.45, 7) is 9.50. The van der Waals surface area contributed by atoms with E-state index in [-0.39, 0.29) is 0 Å². The maximum absolute atomic E-state index is 12.2. The molecule has 17 heavy (non-hydrogen) atoms. The second-order valence-electron chi connectivity index (χ2n) is 5.67. The zero-order chi connectivity index (χ0) is 12.8. The molecule has 1 fully saturated rings. The molecule has 1 aliphatic heterocycles. The number of carbonyl (C=O) groups is 1. The Morgan fingerprint density at radius 1 is 1.24 bits per heavy atom. The van der Waals surface area contributed by atoms with Gasteiger partial charge in [0.2, 0.25) is 5.91 Å². The summed E-state index contributed by atoms with van der Waals surface area (Å²) in [7, 11) is 0. The second kappa shape index (κ2) is 7.00. The molecule has 0 aliphatic carbocycles. The maximum atomic E-state index is 12.2. The van der Waals surface area contributed by atoms with Crippen molar-refractivity contribution in [2.45, 2.75) is 77.9 Å². The van der Waals surface area contributed by atoms with E-state index >= 15 is 0 Å². The van der Waals surface area contributed by atoms with Gasteiger partial charge in [-0.2, -0.15) is 0 Å². The van der Waals surface area contributed by atoms with E-state index in [1.54, 1.807) is 0 Å². The predicted octanol–water partition coefficient (Wildman–Crippen LogP) is 2.55. The van der Waals surface area contributed by atoms with Gasteiger partial charge in [0.25, 0.3) is 0 Å². The number of amides is 1. The number of nitrogens with zero attached hydrogens (tertiary/aromatic N) is 1. The summed E-state index contributed by atoms with van der Waals surface area (Å²) in [6, 6.07) is 1.18. The van der Waals surface area contributed by atoms with Crippen LogP contribution >= 0.6 is 0 Å². The number of hydrogen-bond donors (Lipinski definition) is 1. The summed E-state index contributed by atoms with van der Waals surface area (Å²) in [5.41, 5.74) is 0.